The van der Waals surface area contributed by atoms with E-state index in [2.05, 4.69) is 15.9 Å². The Hall–Kier alpha value is -0.580. The van der Waals surface area contributed by atoms with E-state index in [1.54, 1.807) is 0 Å². The number of benzene rings is 1. The molecule has 78 valence electrons. The number of rotatable bonds is 2. The third-order valence-electron chi connectivity index (χ3n) is 1.74. The van der Waals surface area contributed by atoms with Gasteiger partial charge in [-0.2, -0.15) is 13.2 Å². The van der Waals surface area contributed by atoms with Gasteiger partial charge in [-0.1, -0.05) is 15.9 Å². The molecule has 0 bridgehead atoms. The maximum atomic E-state index is 12.7. The van der Waals surface area contributed by atoms with Gasteiger partial charge in [-0.25, -0.2) is 4.39 Å². The van der Waals surface area contributed by atoms with E-state index in [0.717, 1.165) is 18.2 Å². The van der Waals surface area contributed by atoms with E-state index >= 15 is 0 Å². The first-order valence-electron chi connectivity index (χ1n) is 3.86. The first-order valence-corrected chi connectivity index (χ1v) is 4.99. The summed E-state index contributed by atoms with van der Waals surface area (Å²) < 4.78 is 49.8. The van der Waals surface area contributed by atoms with Crippen molar-refractivity contribution in [2.45, 2.75) is 12.6 Å². The van der Waals surface area contributed by atoms with Crippen LogP contribution in [0.4, 0.5) is 17.6 Å². The van der Waals surface area contributed by atoms with Crippen LogP contribution < -0.4 is 0 Å². The standard InChI is InChI=1S/C9H7BrF4/c10-4-3-6-5-7(11)1-2-8(6)9(12,13)14/h1-2,5H,3-4H2. The molecule has 0 nitrogen and oxygen atoms in total. The Morgan fingerprint density at radius 2 is 1.86 bits per heavy atom. The number of aryl methyl sites for hydroxylation is 1. The van der Waals surface area contributed by atoms with Gasteiger partial charge in [-0.3, -0.25) is 0 Å². The summed E-state index contributed by atoms with van der Waals surface area (Å²) in [5.74, 6) is -0.644. The summed E-state index contributed by atoms with van der Waals surface area (Å²) in [6.45, 7) is 0. The summed E-state index contributed by atoms with van der Waals surface area (Å²) >= 11 is 3.02. The van der Waals surface area contributed by atoms with Crippen molar-refractivity contribution in [2.24, 2.45) is 0 Å². The zero-order chi connectivity index (χ0) is 10.8. The molecule has 0 aliphatic heterocycles. The normalized spacial score (nSPS) is 11.8. The summed E-state index contributed by atoms with van der Waals surface area (Å²) in [4.78, 5) is 0. The minimum absolute atomic E-state index is 0.0191. The molecule has 0 saturated carbocycles. The van der Waals surface area contributed by atoms with E-state index in [4.69, 9.17) is 0 Å². The molecule has 0 N–H and O–H groups in total. The molecule has 0 fully saturated rings. The smallest absolute Gasteiger partial charge is 0.207 e. The van der Waals surface area contributed by atoms with Crippen LogP contribution in [0.5, 0.6) is 0 Å². The lowest BCUT2D eigenvalue weighted by molar-refractivity contribution is -0.138. The molecule has 0 atom stereocenters. The highest BCUT2D eigenvalue weighted by Crippen LogP contribution is 2.32. The molecule has 14 heavy (non-hydrogen) atoms. The zero-order valence-electron chi connectivity index (χ0n) is 7.04. The largest absolute Gasteiger partial charge is 0.416 e. The Balaban J connectivity index is 3.15. The molecule has 0 unspecified atom stereocenters. The van der Waals surface area contributed by atoms with Crippen molar-refractivity contribution in [3.8, 4) is 0 Å². The SMILES string of the molecule is Fc1ccc(C(F)(F)F)c(CCBr)c1. The average Bonchev–Trinajstić information content (AvgIpc) is 2.02. The summed E-state index contributed by atoms with van der Waals surface area (Å²) in [5, 5.41) is 0.375. The minimum Gasteiger partial charge on any atom is -0.207 e. The van der Waals surface area contributed by atoms with Crippen molar-refractivity contribution in [1.82, 2.24) is 0 Å². The molecular weight excluding hydrogens is 264 g/mol. The predicted molar refractivity (Wildman–Crippen MR) is 48.9 cm³/mol. The topological polar surface area (TPSA) is 0 Å². The van der Waals surface area contributed by atoms with Crippen molar-refractivity contribution in [1.29, 1.82) is 0 Å². The van der Waals surface area contributed by atoms with Crippen molar-refractivity contribution >= 4 is 15.9 Å². The molecule has 0 amide bonds. The second kappa shape index (κ2) is 4.29. The van der Waals surface area contributed by atoms with Gasteiger partial charge >= 0.3 is 6.18 Å². The van der Waals surface area contributed by atoms with E-state index < -0.39 is 17.6 Å². The molecule has 0 aliphatic carbocycles. The van der Waals surface area contributed by atoms with Gasteiger partial charge in [0, 0.05) is 5.33 Å². The molecule has 0 spiro atoms. The lowest BCUT2D eigenvalue weighted by atomic mass is 10.0. The van der Waals surface area contributed by atoms with Crippen LogP contribution in [-0.4, -0.2) is 5.33 Å². The van der Waals surface area contributed by atoms with E-state index in [0.29, 0.717) is 5.33 Å². The Kier molecular flexibility index (Phi) is 3.53. The maximum Gasteiger partial charge on any atom is 0.416 e. The van der Waals surface area contributed by atoms with Crippen LogP contribution in [0, 0.1) is 5.82 Å². The molecule has 5 heteroatoms. The van der Waals surface area contributed by atoms with Crippen molar-refractivity contribution in [3.05, 3.63) is 35.1 Å². The van der Waals surface area contributed by atoms with Crippen LogP contribution in [0.2, 0.25) is 0 Å². The van der Waals surface area contributed by atoms with Crippen LogP contribution in [0.25, 0.3) is 0 Å². The van der Waals surface area contributed by atoms with Gasteiger partial charge in [0.25, 0.3) is 0 Å². The van der Waals surface area contributed by atoms with E-state index in [1.165, 1.54) is 0 Å². The second-order valence-corrected chi connectivity index (χ2v) is 3.53. The molecule has 0 aliphatic rings. The van der Waals surface area contributed by atoms with Crippen LogP contribution in [0.1, 0.15) is 11.1 Å². The monoisotopic (exact) mass is 270 g/mol. The number of hydrogen-bond acceptors (Lipinski definition) is 0. The molecule has 0 heterocycles. The lowest BCUT2D eigenvalue weighted by Gasteiger charge is -2.11. The Labute approximate surface area is 87.1 Å². The third-order valence-corrected chi connectivity index (χ3v) is 2.13. The van der Waals surface area contributed by atoms with Gasteiger partial charge in [-0.15, -0.1) is 0 Å². The van der Waals surface area contributed by atoms with Gasteiger partial charge in [-0.05, 0) is 30.2 Å². The van der Waals surface area contributed by atoms with Gasteiger partial charge < -0.3 is 0 Å². The van der Waals surface area contributed by atoms with Crippen molar-refractivity contribution in [2.75, 3.05) is 5.33 Å². The fourth-order valence-electron chi connectivity index (χ4n) is 1.15. The molecular formula is C9H7BrF4. The lowest BCUT2D eigenvalue weighted by Crippen LogP contribution is -2.09. The van der Waals surface area contributed by atoms with Gasteiger partial charge in [0.2, 0.25) is 0 Å². The summed E-state index contributed by atoms with van der Waals surface area (Å²) in [5.41, 5.74) is -0.785. The van der Waals surface area contributed by atoms with E-state index in [9.17, 15) is 17.6 Å². The Morgan fingerprint density at radius 1 is 1.21 bits per heavy atom. The Bertz CT molecular complexity index is 319. The van der Waals surface area contributed by atoms with Crippen LogP contribution >= 0.6 is 15.9 Å². The van der Waals surface area contributed by atoms with Crippen molar-refractivity contribution < 1.29 is 17.6 Å². The van der Waals surface area contributed by atoms with E-state index in [1.807, 2.05) is 0 Å². The number of halogens is 5. The molecule has 1 rings (SSSR count). The molecule has 1 aromatic rings. The Morgan fingerprint density at radius 3 is 2.36 bits per heavy atom. The first-order chi connectivity index (χ1) is 6.45. The predicted octanol–water partition coefficient (Wildman–Crippen LogP) is 3.78. The average molecular weight is 271 g/mol. The fourth-order valence-corrected chi connectivity index (χ4v) is 1.57. The summed E-state index contributed by atoms with van der Waals surface area (Å²) in [7, 11) is 0. The van der Waals surface area contributed by atoms with Crippen LogP contribution in [0.15, 0.2) is 18.2 Å². The van der Waals surface area contributed by atoms with Gasteiger partial charge in [0.15, 0.2) is 0 Å². The second-order valence-electron chi connectivity index (χ2n) is 2.74. The highest BCUT2D eigenvalue weighted by Gasteiger charge is 2.32. The number of alkyl halides is 4. The fraction of sp³-hybridized carbons (Fsp3) is 0.333. The third kappa shape index (κ3) is 2.70. The van der Waals surface area contributed by atoms with Crippen LogP contribution in [0.3, 0.4) is 0 Å². The van der Waals surface area contributed by atoms with Crippen molar-refractivity contribution in [3.63, 3.8) is 0 Å². The number of hydrogen-bond donors (Lipinski definition) is 0. The molecule has 1 aromatic carbocycles. The van der Waals surface area contributed by atoms with Gasteiger partial charge in [0.1, 0.15) is 5.82 Å². The minimum atomic E-state index is -4.41. The van der Waals surface area contributed by atoms with E-state index in [-0.39, 0.29) is 12.0 Å². The molecule has 0 saturated heterocycles. The quantitative estimate of drug-likeness (QED) is 0.567. The highest BCUT2D eigenvalue weighted by molar-refractivity contribution is 9.09. The highest BCUT2D eigenvalue weighted by atomic mass is 79.9. The maximum absolute atomic E-state index is 12.7. The van der Waals surface area contributed by atoms with Crippen LogP contribution in [-0.2, 0) is 12.6 Å². The zero-order valence-corrected chi connectivity index (χ0v) is 8.62. The molecule has 0 radical (unpaired) electrons. The first kappa shape index (κ1) is 11.5. The summed E-state index contributed by atoms with van der Waals surface area (Å²) in [6, 6.07) is 2.51. The van der Waals surface area contributed by atoms with Gasteiger partial charge in [0.05, 0.1) is 5.56 Å². The summed E-state index contributed by atoms with van der Waals surface area (Å²) in [6.07, 6.45) is -4.25. The molecule has 0 aromatic heterocycles.